The summed E-state index contributed by atoms with van der Waals surface area (Å²) in [6, 6.07) is 3.50. The number of nitrogens with two attached hydrogens (primary N) is 1. The lowest BCUT2D eigenvalue weighted by atomic mass is 10.3. The van der Waals surface area contributed by atoms with E-state index in [-0.39, 0.29) is 0 Å². The molecule has 0 amide bonds. The summed E-state index contributed by atoms with van der Waals surface area (Å²) in [5.41, 5.74) is 7.03. The molecule has 0 unspecified atom stereocenters. The van der Waals surface area contributed by atoms with Crippen molar-refractivity contribution in [2.75, 3.05) is 5.73 Å². The molecular formula is C6H5N3O. The first-order valence-corrected chi connectivity index (χ1v) is 2.83. The lowest BCUT2D eigenvalue weighted by Gasteiger charge is -1.88. The van der Waals surface area contributed by atoms with E-state index in [1.165, 1.54) is 0 Å². The van der Waals surface area contributed by atoms with E-state index in [1.54, 1.807) is 18.3 Å². The molecule has 0 radical (unpaired) electrons. The monoisotopic (exact) mass is 135 g/mol. The molecule has 1 aliphatic carbocycles. The third-order valence-electron chi connectivity index (χ3n) is 1.29. The van der Waals surface area contributed by atoms with Crippen molar-refractivity contribution in [1.29, 1.82) is 0 Å². The van der Waals surface area contributed by atoms with Crippen LogP contribution in [-0.2, 0) is 0 Å². The fraction of sp³-hybridized carbons (Fsp3) is 0. The molecule has 0 bridgehead atoms. The number of rotatable bonds is 0. The molecule has 0 aromatic rings. The summed E-state index contributed by atoms with van der Waals surface area (Å²) in [4.78, 5) is 0. The Bertz CT molecular complexity index is 287. The van der Waals surface area contributed by atoms with Gasteiger partial charge in [0.25, 0.3) is 0 Å². The van der Waals surface area contributed by atoms with Crippen LogP contribution < -0.4 is 5.73 Å². The highest BCUT2D eigenvalue weighted by molar-refractivity contribution is 5.68. The summed E-state index contributed by atoms with van der Waals surface area (Å²) in [5, 5.41) is 6.90. The molecule has 0 spiro atoms. The van der Waals surface area contributed by atoms with Crippen molar-refractivity contribution in [3.8, 4) is 11.3 Å². The Hall–Kier alpha value is -1.58. The molecule has 1 aliphatic heterocycles. The molecule has 4 nitrogen and oxygen atoms in total. The van der Waals surface area contributed by atoms with E-state index in [1.807, 2.05) is 0 Å². The first-order chi connectivity index (χ1) is 4.86. The summed E-state index contributed by atoms with van der Waals surface area (Å²) in [5.74, 6) is 0.674. The van der Waals surface area contributed by atoms with Gasteiger partial charge in [-0.15, -0.1) is 5.10 Å². The number of hydrogen-bond acceptors (Lipinski definition) is 4. The third-order valence-corrected chi connectivity index (χ3v) is 1.29. The van der Waals surface area contributed by atoms with E-state index in [2.05, 4.69) is 10.4 Å². The first kappa shape index (κ1) is 5.22. The Labute approximate surface area is 57.0 Å². The molecule has 0 atom stereocenters. The average Bonchev–Trinajstić information content (AvgIpc) is 2.27. The van der Waals surface area contributed by atoms with E-state index >= 15 is 0 Å². The number of anilines is 1. The molecule has 1 heterocycles. The molecule has 0 aromatic heterocycles. The van der Waals surface area contributed by atoms with Crippen molar-refractivity contribution >= 4 is 5.69 Å². The van der Waals surface area contributed by atoms with E-state index in [0.717, 1.165) is 5.56 Å². The van der Waals surface area contributed by atoms with Crippen LogP contribution in [0, 0.1) is 0 Å². The molecule has 2 aliphatic rings. The van der Waals surface area contributed by atoms with Crippen molar-refractivity contribution in [3.63, 3.8) is 0 Å². The van der Waals surface area contributed by atoms with Crippen LogP contribution in [0.2, 0.25) is 0 Å². The summed E-state index contributed by atoms with van der Waals surface area (Å²) >= 11 is 0. The van der Waals surface area contributed by atoms with E-state index in [0.29, 0.717) is 11.4 Å². The normalized spacial score (nSPS) is 10.4. The highest BCUT2D eigenvalue weighted by atomic mass is 16.5. The molecule has 10 heavy (non-hydrogen) atoms. The summed E-state index contributed by atoms with van der Waals surface area (Å²) < 4.78 is 4.79. The van der Waals surface area contributed by atoms with Gasteiger partial charge in [-0.1, -0.05) is 0 Å². The van der Waals surface area contributed by atoms with Crippen LogP contribution >= 0.6 is 0 Å². The van der Waals surface area contributed by atoms with Gasteiger partial charge >= 0.3 is 0 Å². The second kappa shape index (κ2) is 1.70. The summed E-state index contributed by atoms with van der Waals surface area (Å²) in [6.45, 7) is 0. The van der Waals surface area contributed by atoms with Crippen LogP contribution in [0.3, 0.4) is 0 Å². The fourth-order valence-corrected chi connectivity index (χ4v) is 0.860. The van der Waals surface area contributed by atoms with Crippen LogP contribution in [0.5, 0.6) is 0 Å². The van der Waals surface area contributed by atoms with Crippen LogP contribution in [0.25, 0.3) is 11.3 Å². The largest absolute Gasteiger partial charge is 0.399 e. The lowest BCUT2D eigenvalue weighted by molar-refractivity contribution is 0.372. The summed E-state index contributed by atoms with van der Waals surface area (Å²) in [7, 11) is 0. The Morgan fingerprint density at radius 3 is 3.10 bits per heavy atom. The molecule has 0 aromatic carbocycles. The van der Waals surface area contributed by atoms with Gasteiger partial charge in [0.05, 0.1) is 6.20 Å². The standard InChI is InChI=1S/C6H5N3O/c7-5-1-4-3-8-9-10-6(4)2-5/h1-3H,7H2. The maximum Gasteiger partial charge on any atom is 0.170 e. The number of aromatic nitrogens is 2. The van der Waals surface area contributed by atoms with Gasteiger partial charge < -0.3 is 10.3 Å². The second-order valence-corrected chi connectivity index (χ2v) is 2.03. The van der Waals surface area contributed by atoms with Crippen molar-refractivity contribution in [2.45, 2.75) is 0 Å². The molecule has 2 rings (SSSR count). The fourth-order valence-electron chi connectivity index (χ4n) is 0.860. The minimum absolute atomic E-state index is 0.674. The van der Waals surface area contributed by atoms with Crippen LogP contribution in [-0.4, -0.2) is 10.4 Å². The average molecular weight is 135 g/mol. The predicted octanol–water partition coefficient (Wildman–Crippen LogP) is 0.757. The molecule has 2 N–H and O–H groups in total. The van der Waals surface area contributed by atoms with Gasteiger partial charge in [0.2, 0.25) is 0 Å². The highest BCUT2D eigenvalue weighted by Gasteiger charge is 2.06. The van der Waals surface area contributed by atoms with Crippen molar-refractivity contribution in [3.05, 3.63) is 18.3 Å². The number of fused-ring (bicyclic) bond motifs is 1. The maximum atomic E-state index is 5.48. The third kappa shape index (κ3) is 0.621. The topological polar surface area (TPSA) is 64.9 Å². The van der Waals surface area contributed by atoms with Gasteiger partial charge in [-0.25, -0.2) is 0 Å². The smallest absolute Gasteiger partial charge is 0.170 e. The molecule has 4 heteroatoms. The van der Waals surface area contributed by atoms with E-state index in [4.69, 9.17) is 10.3 Å². The van der Waals surface area contributed by atoms with Gasteiger partial charge in [0.1, 0.15) is 0 Å². The second-order valence-electron chi connectivity index (χ2n) is 2.03. The quantitative estimate of drug-likeness (QED) is 0.579. The Balaban J connectivity index is 2.76. The van der Waals surface area contributed by atoms with Gasteiger partial charge in [-0.2, -0.15) is 0 Å². The maximum absolute atomic E-state index is 5.48. The number of hydrogen-bond donors (Lipinski definition) is 1. The lowest BCUT2D eigenvalue weighted by Crippen LogP contribution is -1.79. The van der Waals surface area contributed by atoms with E-state index in [9.17, 15) is 0 Å². The molecule has 0 saturated heterocycles. The van der Waals surface area contributed by atoms with Gasteiger partial charge in [-0.3, -0.25) is 0 Å². The number of nitrogen functional groups attached to an aromatic ring is 1. The molecule has 0 fully saturated rings. The number of nitrogens with zero attached hydrogens (tertiary/aromatic N) is 2. The Kier molecular flexibility index (Phi) is 0.887. The van der Waals surface area contributed by atoms with Crippen molar-refractivity contribution < 1.29 is 4.52 Å². The van der Waals surface area contributed by atoms with Crippen LogP contribution in [0.1, 0.15) is 0 Å². The van der Waals surface area contributed by atoms with Crippen molar-refractivity contribution in [1.82, 2.24) is 10.4 Å². The van der Waals surface area contributed by atoms with Crippen molar-refractivity contribution in [2.24, 2.45) is 0 Å². The van der Waals surface area contributed by atoms with Crippen LogP contribution in [0.4, 0.5) is 5.69 Å². The Morgan fingerprint density at radius 1 is 1.40 bits per heavy atom. The predicted molar refractivity (Wildman–Crippen MR) is 35.3 cm³/mol. The van der Waals surface area contributed by atoms with Crippen LogP contribution in [0.15, 0.2) is 22.9 Å². The van der Waals surface area contributed by atoms with Gasteiger partial charge in [0, 0.05) is 22.6 Å². The Morgan fingerprint density at radius 2 is 2.30 bits per heavy atom. The zero-order chi connectivity index (χ0) is 6.97. The minimum atomic E-state index is 0.674. The zero-order valence-electron chi connectivity index (χ0n) is 5.11. The van der Waals surface area contributed by atoms with Gasteiger partial charge in [-0.05, 0) is 6.07 Å². The van der Waals surface area contributed by atoms with Gasteiger partial charge in [0.15, 0.2) is 5.76 Å². The first-order valence-electron chi connectivity index (χ1n) is 2.83. The molecule has 50 valence electrons. The minimum Gasteiger partial charge on any atom is -0.399 e. The SMILES string of the molecule is Nc1cc2cnnoc-2c1. The molecular weight excluding hydrogens is 130 g/mol. The highest BCUT2D eigenvalue weighted by Crippen LogP contribution is 2.24. The van der Waals surface area contributed by atoms with E-state index < -0.39 is 0 Å². The molecule has 0 saturated carbocycles. The summed E-state index contributed by atoms with van der Waals surface area (Å²) in [6.07, 6.45) is 1.61. The zero-order valence-corrected chi connectivity index (χ0v) is 5.11.